The van der Waals surface area contributed by atoms with Crippen LogP contribution in [0.1, 0.15) is 5.56 Å². The number of amidine groups is 1. The van der Waals surface area contributed by atoms with Crippen LogP contribution in [-0.4, -0.2) is 5.84 Å². The first-order valence-electron chi connectivity index (χ1n) is 7.49. The first kappa shape index (κ1) is 15.6. The van der Waals surface area contributed by atoms with Crippen LogP contribution < -0.4 is 4.90 Å². The van der Waals surface area contributed by atoms with Crippen LogP contribution in [0.5, 0.6) is 0 Å². The summed E-state index contributed by atoms with van der Waals surface area (Å²) in [5.74, 6) is 3.04. The molecule has 0 atom stereocenters. The van der Waals surface area contributed by atoms with E-state index < -0.39 is 0 Å². The van der Waals surface area contributed by atoms with Crippen molar-refractivity contribution < 1.29 is 20.1 Å². The molecule has 0 N–H and O–H groups in total. The molecular formula is C20H12IrN2S-2. The molecule has 0 spiro atoms. The molecule has 0 bridgehead atoms. The van der Waals surface area contributed by atoms with Gasteiger partial charge in [-0.15, -0.1) is 5.56 Å². The van der Waals surface area contributed by atoms with E-state index in [-0.39, 0.29) is 20.1 Å². The fourth-order valence-corrected chi connectivity index (χ4v) is 3.80. The van der Waals surface area contributed by atoms with Crippen LogP contribution in [0.25, 0.3) is 22.3 Å². The maximum absolute atomic E-state index is 4.58. The molecule has 0 saturated heterocycles. The van der Waals surface area contributed by atoms with Crippen LogP contribution in [-0.2, 0) is 20.1 Å². The summed E-state index contributed by atoms with van der Waals surface area (Å²) >= 11 is 1.48. The third-order valence-electron chi connectivity index (χ3n) is 4.25. The Hall–Kier alpha value is -1.87. The molecule has 4 heteroatoms. The molecule has 0 amide bonds. The van der Waals surface area contributed by atoms with E-state index in [9.17, 15) is 0 Å². The Morgan fingerprint density at radius 1 is 0.875 bits per heavy atom. The molecule has 0 unspecified atom stereocenters. The number of hydrogen-bond acceptors (Lipinski definition) is 3. The second-order valence-corrected chi connectivity index (χ2v) is 6.16. The molecule has 0 aliphatic carbocycles. The molecule has 0 fully saturated rings. The molecule has 5 rings (SSSR count). The zero-order valence-electron chi connectivity index (χ0n) is 12.6. The van der Waals surface area contributed by atoms with Gasteiger partial charge < -0.3 is 4.90 Å². The zero-order chi connectivity index (χ0) is 15.2. The molecule has 2 nitrogen and oxygen atoms in total. The third-order valence-corrected chi connectivity index (χ3v) is 4.84. The minimum absolute atomic E-state index is 0. The molecule has 3 aromatic carbocycles. The number of para-hydroxylation sites is 1. The van der Waals surface area contributed by atoms with Crippen LogP contribution in [0.3, 0.4) is 0 Å². The SMILES string of the molecule is [Ir].[c-]1cccc2c1N1[CH-]SN=C1c1ccc(-c3ccccc3)cc1-2. The fourth-order valence-electron chi connectivity index (χ4n) is 3.17. The summed E-state index contributed by atoms with van der Waals surface area (Å²) in [6.07, 6.45) is 0. The second-order valence-electron chi connectivity index (χ2n) is 5.55. The number of fused-ring (bicyclic) bond motifs is 6. The van der Waals surface area contributed by atoms with Crippen molar-refractivity contribution >= 4 is 23.5 Å². The molecule has 2 aliphatic rings. The summed E-state index contributed by atoms with van der Waals surface area (Å²) in [6, 6.07) is 26.6. The van der Waals surface area contributed by atoms with Gasteiger partial charge in [-0.25, -0.2) is 4.40 Å². The van der Waals surface area contributed by atoms with Gasteiger partial charge >= 0.3 is 0 Å². The van der Waals surface area contributed by atoms with E-state index >= 15 is 0 Å². The first-order valence-corrected chi connectivity index (χ1v) is 8.33. The number of hydrogen-bond donors (Lipinski definition) is 0. The summed E-state index contributed by atoms with van der Waals surface area (Å²) in [5, 5.41) is 0. The standard InChI is InChI=1S/C20H12N2S.Ir/c1-2-6-14(7-3-1)15-10-11-17-18(12-15)16-8-4-5-9-19(16)22-13-23-21-20(17)22;/h1-8,10-13H;/q-2;. The molecule has 2 aliphatic heterocycles. The molecule has 2 heterocycles. The van der Waals surface area contributed by atoms with Crippen LogP contribution in [0.4, 0.5) is 5.69 Å². The molecule has 0 aromatic heterocycles. The van der Waals surface area contributed by atoms with Gasteiger partial charge in [0.25, 0.3) is 0 Å². The first-order chi connectivity index (χ1) is 11.4. The Balaban J connectivity index is 0.00000146. The number of anilines is 1. The van der Waals surface area contributed by atoms with Crippen molar-refractivity contribution in [3.8, 4) is 22.3 Å². The van der Waals surface area contributed by atoms with Gasteiger partial charge in [-0.2, -0.15) is 42.1 Å². The minimum Gasteiger partial charge on any atom is -0.486 e. The molecule has 119 valence electrons. The van der Waals surface area contributed by atoms with E-state index in [1.54, 1.807) is 0 Å². The summed E-state index contributed by atoms with van der Waals surface area (Å²) in [6.45, 7) is 0. The largest absolute Gasteiger partial charge is 0.486 e. The minimum atomic E-state index is 0. The summed E-state index contributed by atoms with van der Waals surface area (Å²) < 4.78 is 4.58. The maximum Gasteiger partial charge on any atom is 0.114 e. The topological polar surface area (TPSA) is 15.6 Å². The van der Waals surface area contributed by atoms with E-state index in [1.807, 2.05) is 24.1 Å². The van der Waals surface area contributed by atoms with Gasteiger partial charge in [-0.1, -0.05) is 59.8 Å². The van der Waals surface area contributed by atoms with Crippen LogP contribution in [0.2, 0.25) is 0 Å². The van der Waals surface area contributed by atoms with Gasteiger partial charge in [-0.05, 0) is 11.1 Å². The van der Waals surface area contributed by atoms with Crippen LogP contribution in [0, 0.1) is 11.9 Å². The quantitative estimate of drug-likeness (QED) is 0.336. The van der Waals surface area contributed by atoms with Gasteiger partial charge in [0.2, 0.25) is 0 Å². The molecule has 1 radical (unpaired) electrons. The molecule has 0 saturated carbocycles. The summed E-state index contributed by atoms with van der Waals surface area (Å²) in [4.78, 5) is 2.13. The average Bonchev–Trinajstić information content (AvgIpc) is 3.12. The van der Waals surface area contributed by atoms with E-state index in [4.69, 9.17) is 0 Å². The van der Waals surface area contributed by atoms with E-state index in [2.05, 4.69) is 63.9 Å². The van der Waals surface area contributed by atoms with Crippen molar-refractivity contribution in [1.29, 1.82) is 0 Å². The predicted molar refractivity (Wildman–Crippen MR) is 97.1 cm³/mol. The van der Waals surface area contributed by atoms with Crippen LogP contribution >= 0.6 is 11.9 Å². The van der Waals surface area contributed by atoms with E-state index in [1.165, 1.54) is 39.8 Å². The summed E-state index contributed by atoms with van der Waals surface area (Å²) in [7, 11) is 0. The number of nitrogens with zero attached hydrogens (tertiary/aromatic N) is 2. The third kappa shape index (κ3) is 2.34. The van der Waals surface area contributed by atoms with Gasteiger partial charge in [0.05, 0.1) is 0 Å². The van der Waals surface area contributed by atoms with Crippen molar-refractivity contribution in [2.45, 2.75) is 0 Å². The smallest absolute Gasteiger partial charge is 0.114 e. The van der Waals surface area contributed by atoms with Gasteiger partial charge in [0.1, 0.15) is 5.84 Å². The normalized spacial score (nSPS) is 14.2. The molecule has 3 aromatic rings. The number of rotatable bonds is 1. The molecular weight excluding hydrogens is 493 g/mol. The van der Waals surface area contributed by atoms with Crippen molar-refractivity contribution in [2.75, 3.05) is 4.90 Å². The van der Waals surface area contributed by atoms with Crippen molar-refractivity contribution in [3.63, 3.8) is 0 Å². The Morgan fingerprint density at radius 2 is 1.75 bits per heavy atom. The van der Waals surface area contributed by atoms with Gasteiger partial charge in [0, 0.05) is 25.7 Å². The van der Waals surface area contributed by atoms with Crippen molar-refractivity contribution in [1.82, 2.24) is 0 Å². The maximum atomic E-state index is 4.58. The van der Waals surface area contributed by atoms with Crippen molar-refractivity contribution in [2.24, 2.45) is 4.40 Å². The van der Waals surface area contributed by atoms with E-state index in [0.717, 1.165) is 11.5 Å². The average molecular weight is 505 g/mol. The Bertz CT molecular complexity index is 937. The Morgan fingerprint density at radius 3 is 2.62 bits per heavy atom. The van der Waals surface area contributed by atoms with E-state index in [0.29, 0.717) is 0 Å². The molecule has 24 heavy (non-hydrogen) atoms. The van der Waals surface area contributed by atoms with Crippen molar-refractivity contribution in [3.05, 3.63) is 84.2 Å². The predicted octanol–water partition coefficient (Wildman–Crippen LogP) is 5.17. The monoisotopic (exact) mass is 505 g/mol. The Kier molecular flexibility index (Phi) is 4.05. The van der Waals surface area contributed by atoms with Gasteiger partial charge in [-0.3, -0.25) is 0 Å². The summed E-state index contributed by atoms with van der Waals surface area (Å²) in [5.41, 5.74) is 7.14. The van der Waals surface area contributed by atoms with Crippen LogP contribution in [0.15, 0.2) is 71.1 Å². The number of benzene rings is 3. The fraction of sp³-hybridized carbons (Fsp3) is 0. The van der Waals surface area contributed by atoms with Gasteiger partial charge in [0.15, 0.2) is 0 Å². The Labute approximate surface area is 159 Å². The zero-order valence-corrected chi connectivity index (χ0v) is 15.8. The second kappa shape index (κ2) is 6.21.